The van der Waals surface area contributed by atoms with E-state index in [9.17, 15) is 18.0 Å². The van der Waals surface area contributed by atoms with Crippen LogP contribution in [0.3, 0.4) is 0 Å². The molecule has 0 bridgehead atoms. The third-order valence-corrected chi connectivity index (χ3v) is 8.97. The summed E-state index contributed by atoms with van der Waals surface area (Å²) in [4.78, 5) is 33.3. The van der Waals surface area contributed by atoms with Crippen molar-refractivity contribution < 1.29 is 18.0 Å². The summed E-state index contributed by atoms with van der Waals surface area (Å²) in [7, 11) is -0.0528. The van der Waals surface area contributed by atoms with E-state index >= 15 is 0 Å². The highest BCUT2D eigenvalue weighted by molar-refractivity contribution is 7.89. The predicted molar refractivity (Wildman–Crippen MR) is 141 cm³/mol. The van der Waals surface area contributed by atoms with Crippen LogP contribution in [-0.2, 0) is 27.9 Å². The monoisotopic (exact) mass is 530 g/mol. The summed E-state index contributed by atoms with van der Waals surface area (Å²) in [5.41, 5.74) is 1.15. The zero-order valence-electron chi connectivity index (χ0n) is 22.4. The number of hydrogen-bond acceptors (Lipinski definition) is 6. The minimum absolute atomic E-state index is 0.230. The van der Waals surface area contributed by atoms with E-state index in [1.807, 2.05) is 38.5 Å². The Labute approximate surface area is 219 Å². The second-order valence-corrected chi connectivity index (χ2v) is 12.9. The van der Waals surface area contributed by atoms with Gasteiger partial charge in [-0.05, 0) is 50.4 Å². The molecular formula is C26H38N6O4S. The lowest BCUT2D eigenvalue weighted by Crippen LogP contribution is -2.53. The van der Waals surface area contributed by atoms with E-state index in [-0.39, 0.29) is 16.5 Å². The molecule has 0 saturated carbocycles. The van der Waals surface area contributed by atoms with E-state index < -0.39 is 27.4 Å². The minimum atomic E-state index is -3.60. The van der Waals surface area contributed by atoms with Crippen LogP contribution in [-0.4, -0.2) is 78.8 Å². The fraction of sp³-hybridized carbons (Fsp3) is 0.577. The van der Waals surface area contributed by atoms with Crippen LogP contribution in [0.4, 0.5) is 0 Å². The van der Waals surface area contributed by atoms with Gasteiger partial charge in [0.25, 0.3) is 5.91 Å². The summed E-state index contributed by atoms with van der Waals surface area (Å²) in [5.74, 6) is -0.140. The van der Waals surface area contributed by atoms with Gasteiger partial charge in [-0.25, -0.2) is 13.4 Å². The predicted octanol–water partition coefficient (Wildman–Crippen LogP) is 2.06. The molecule has 1 aromatic carbocycles. The molecule has 10 nitrogen and oxygen atoms in total. The lowest BCUT2D eigenvalue weighted by atomic mass is 9.86. The zero-order valence-corrected chi connectivity index (χ0v) is 23.2. The van der Waals surface area contributed by atoms with Gasteiger partial charge in [0.15, 0.2) is 5.69 Å². The number of imidazole rings is 1. The van der Waals surface area contributed by atoms with Gasteiger partial charge in [-0.3, -0.25) is 9.59 Å². The highest BCUT2D eigenvalue weighted by atomic mass is 32.2. The fourth-order valence-electron chi connectivity index (χ4n) is 5.02. The van der Waals surface area contributed by atoms with Crippen LogP contribution in [0, 0.1) is 5.41 Å². The van der Waals surface area contributed by atoms with Crippen LogP contribution in [0.2, 0.25) is 0 Å². The van der Waals surface area contributed by atoms with Crippen LogP contribution in [0.15, 0.2) is 29.2 Å². The quantitative estimate of drug-likeness (QED) is 0.591. The summed E-state index contributed by atoms with van der Waals surface area (Å²) in [6.07, 6.45) is 2.59. The zero-order chi connectivity index (χ0) is 27.0. The van der Waals surface area contributed by atoms with Crippen molar-refractivity contribution in [3.8, 4) is 11.4 Å². The van der Waals surface area contributed by atoms with Gasteiger partial charge in [0.2, 0.25) is 15.9 Å². The second-order valence-electron chi connectivity index (χ2n) is 11.0. The third-order valence-electron chi connectivity index (χ3n) is 7.07. The van der Waals surface area contributed by atoms with E-state index in [2.05, 4.69) is 15.5 Å². The summed E-state index contributed by atoms with van der Waals surface area (Å²) in [6.45, 7) is 8.77. The number of aromatic nitrogens is 2. The SMILES string of the molecule is CNC(=O)[C@@H](NC(=O)c1nc(-c2cccc(S(=O)(=O)N3CCCC3)c2)n2c1CN(C)CCC2)C(C)(C)C. The van der Waals surface area contributed by atoms with E-state index in [1.54, 1.807) is 25.2 Å². The maximum Gasteiger partial charge on any atom is 0.272 e. The van der Waals surface area contributed by atoms with E-state index in [1.165, 1.54) is 4.31 Å². The van der Waals surface area contributed by atoms with Crippen molar-refractivity contribution in [3.05, 3.63) is 35.7 Å². The molecule has 0 unspecified atom stereocenters. The van der Waals surface area contributed by atoms with Crippen LogP contribution >= 0.6 is 0 Å². The Kier molecular flexibility index (Phi) is 7.77. The van der Waals surface area contributed by atoms with Gasteiger partial charge in [0.1, 0.15) is 11.9 Å². The summed E-state index contributed by atoms with van der Waals surface area (Å²) >= 11 is 0. The molecule has 1 aromatic heterocycles. The normalized spacial score (nSPS) is 18.2. The van der Waals surface area contributed by atoms with E-state index in [0.717, 1.165) is 31.5 Å². The standard InChI is InChI=1S/C26H38N6O4S/c1-26(2,3)22(25(34)27-4)29-24(33)21-20-17-30(5)12-9-15-32(20)23(28-21)18-10-8-11-19(16-18)37(35,36)31-13-6-7-14-31/h8,10-11,16,22H,6-7,9,12-15,17H2,1-5H3,(H,27,34)(H,29,33)/t22-/m1/s1. The lowest BCUT2D eigenvalue weighted by Gasteiger charge is -2.29. The number of carbonyl (C=O) groups excluding carboxylic acids is 2. The third kappa shape index (κ3) is 5.58. The Balaban J connectivity index is 1.77. The molecule has 2 aliphatic rings. The number of nitrogens with one attached hydrogen (secondary N) is 2. The van der Waals surface area contributed by atoms with Gasteiger partial charge in [-0.15, -0.1) is 0 Å². The Morgan fingerprint density at radius 3 is 2.41 bits per heavy atom. The number of sulfonamides is 1. The van der Waals surface area contributed by atoms with Crippen molar-refractivity contribution >= 4 is 21.8 Å². The van der Waals surface area contributed by atoms with Gasteiger partial charge < -0.3 is 20.1 Å². The highest BCUT2D eigenvalue weighted by Crippen LogP contribution is 2.30. The highest BCUT2D eigenvalue weighted by Gasteiger charge is 2.35. The average Bonchev–Trinajstić information content (AvgIpc) is 3.47. The molecule has 1 atom stereocenters. The number of benzene rings is 1. The molecule has 2 N–H and O–H groups in total. The molecule has 2 aromatic rings. The molecule has 37 heavy (non-hydrogen) atoms. The van der Waals surface area contributed by atoms with Gasteiger partial charge in [-0.2, -0.15) is 4.31 Å². The second kappa shape index (κ2) is 10.5. The number of hydrogen-bond donors (Lipinski definition) is 2. The van der Waals surface area contributed by atoms with Gasteiger partial charge in [0, 0.05) is 38.8 Å². The van der Waals surface area contributed by atoms with E-state index in [4.69, 9.17) is 4.98 Å². The average molecular weight is 531 g/mol. The molecule has 202 valence electrons. The topological polar surface area (TPSA) is 117 Å². The molecule has 3 heterocycles. The Morgan fingerprint density at radius 1 is 1.05 bits per heavy atom. The van der Waals surface area contributed by atoms with Crippen LogP contribution < -0.4 is 10.6 Å². The Morgan fingerprint density at radius 2 is 1.76 bits per heavy atom. The maximum absolute atomic E-state index is 13.6. The Bertz CT molecular complexity index is 1270. The van der Waals surface area contributed by atoms with Gasteiger partial charge >= 0.3 is 0 Å². The number of fused-ring (bicyclic) bond motifs is 1. The molecule has 0 radical (unpaired) electrons. The van der Waals surface area contributed by atoms with E-state index in [0.29, 0.717) is 37.6 Å². The minimum Gasteiger partial charge on any atom is -0.357 e. The van der Waals surface area contributed by atoms with Gasteiger partial charge in [-0.1, -0.05) is 32.9 Å². The number of nitrogens with zero attached hydrogens (tertiary/aromatic N) is 4. The lowest BCUT2D eigenvalue weighted by molar-refractivity contribution is -0.124. The number of likely N-dealkylation sites (N-methyl/N-ethyl adjacent to an activating group) is 1. The van der Waals surface area contributed by atoms with Crippen molar-refractivity contribution in [1.82, 2.24) is 29.4 Å². The number of carbonyl (C=O) groups is 2. The molecule has 4 rings (SSSR count). The number of amides is 2. The molecule has 0 spiro atoms. The largest absolute Gasteiger partial charge is 0.357 e. The van der Waals surface area contributed by atoms with Gasteiger partial charge in [0.05, 0.1) is 10.6 Å². The molecule has 11 heteroatoms. The van der Waals surface area contributed by atoms with Crippen molar-refractivity contribution in [3.63, 3.8) is 0 Å². The molecule has 0 aliphatic carbocycles. The summed E-state index contributed by atoms with van der Waals surface area (Å²) < 4.78 is 30.0. The molecule has 2 aliphatic heterocycles. The first kappa shape index (κ1) is 27.3. The number of rotatable bonds is 6. The first-order chi connectivity index (χ1) is 17.4. The fourth-order valence-corrected chi connectivity index (χ4v) is 6.58. The van der Waals surface area contributed by atoms with Crippen molar-refractivity contribution in [2.75, 3.05) is 33.7 Å². The summed E-state index contributed by atoms with van der Waals surface area (Å²) in [6, 6.07) is 6.08. The maximum atomic E-state index is 13.6. The summed E-state index contributed by atoms with van der Waals surface area (Å²) in [5, 5.41) is 5.53. The first-order valence-corrected chi connectivity index (χ1v) is 14.3. The first-order valence-electron chi connectivity index (χ1n) is 12.8. The molecular weight excluding hydrogens is 492 g/mol. The Hall–Kier alpha value is -2.76. The molecule has 1 fully saturated rings. The van der Waals surface area contributed by atoms with Crippen molar-refractivity contribution in [1.29, 1.82) is 0 Å². The molecule has 1 saturated heterocycles. The van der Waals surface area contributed by atoms with Crippen LogP contribution in [0.25, 0.3) is 11.4 Å². The smallest absolute Gasteiger partial charge is 0.272 e. The van der Waals surface area contributed by atoms with Crippen LogP contribution in [0.1, 0.15) is 56.2 Å². The van der Waals surface area contributed by atoms with Crippen molar-refractivity contribution in [2.45, 2.75) is 64.1 Å². The van der Waals surface area contributed by atoms with Crippen molar-refractivity contribution in [2.24, 2.45) is 5.41 Å². The van der Waals surface area contributed by atoms with Crippen LogP contribution in [0.5, 0.6) is 0 Å². The molecule has 2 amide bonds.